The fraction of sp³-hybridized carbons (Fsp3) is 0.833. The number of aliphatic hydroxyl groups excluding tert-OH is 3. The fourth-order valence-corrected chi connectivity index (χ4v) is 8.01. The van der Waals surface area contributed by atoms with E-state index in [1.165, 1.54) is 140 Å². The molecule has 3 N–H and O–H groups in total. The zero-order chi connectivity index (χ0) is 34.3. The molecule has 1 aromatic carbocycles. The van der Waals surface area contributed by atoms with Gasteiger partial charge in [0.15, 0.2) is 6.29 Å². The number of methoxy groups -OCH3 is 1. The van der Waals surface area contributed by atoms with Gasteiger partial charge in [0.05, 0.1) is 11.4 Å². The van der Waals surface area contributed by atoms with Crippen LogP contribution in [0.1, 0.15) is 102 Å². The van der Waals surface area contributed by atoms with Crippen molar-refractivity contribution in [2.75, 3.05) is 59.5 Å². The monoisotopic (exact) mass is 720 g/mol. The first-order valence-electron chi connectivity index (χ1n) is 18.4. The molecule has 12 heteroatoms. The molecule has 2 bridgehead atoms. The molecular weight excluding hydrogens is 656 g/mol. The molecule has 0 saturated carbocycles. The van der Waals surface area contributed by atoms with Crippen LogP contribution in [0, 0.1) is 6.92 Å². The van der Waals surface area contributed by atoms with Crippen LogP contribution in [0.25, 0.3) is 0 Å². The van der Waals surface area contributed by atoms with Crippen molar-refractivity contribution in [3.05, 3.63) is 29.8 Å². The number of aryl methyl sites for hydroxylation is 1. The Morgan fingerprint density at radius 3 is 1.60 bits per heavy atom. The summed E-state index contributed by atoms with van der Waals surface area (Å²) in [7, 11) is -2.80. The van der Waals surface area contributed by atoms with Crippen LogP contribution in [0.15, 0.2) is 29.2 Å². The van der Waals surface area contributed by atoms with Gasteiger partial charge in [-0.1, -0.05) is 102 Å². The summed E-state index contributed by atoms with van der Waals surface area (Å²) < 4.78 is 44.4. The predicted molar refractivity (Wildman–Crippen MR) is 183 cm³/mol. The number of hydrogen-bond acceptors (Lipinski definition) is 8. The van der Waals surface area contributed by atoms with Crippen LogP contribution >= 0.6 is 0 Å². The summed E-state index contributed by atoms with van der Waals surface area (Å²) in [5.41, 5.74) is 0.928. The van der Waals surface area contributed by atoms with Gasteiger partial charge in [-0.05, 0) is 31.9 Å². The zero-order valence-corrected chi connectivity index (χ0v) is 31.4. The molecule has 0 radical (unpaired) electrons. The Morgan fingerprint density at radius 1 is 0.729 bits per heavy atom. The van der Waals surface area contributed by atoms with Gasteiger partial charge in [0.1, 0.15) is 80.3 Å². The van der Waals surface area contributed by atoms with Crippen LogP contribution in [0.2, 0.25) is 0 Å². The minimum atomic E-state index is -4.27. The van der Waals surface area contributed by atoms with Gasteiger partial charge in [-0.3, -0.25) is 0 Å². The maximum absolute atomic E-state index is 10.5. The Labute approximate surface area is 297 Å². The summed E-state index contributed by atoms with van der Waals surface area (Å²) in [6, 6.07) is 5.78. The van der Waals surface area contributed by atoms with E-state index in [4.69, 9.17) is 9.47 Å². The molecule has 0 unspecified atom stereocenters. The van der Waals surface area contributed by atoms with Crippen molar-refractivity contribution in [2.24, 2.45) is 0 Å². The Balaban J connectivity index is 0.000000566. The van der Waals surface area contributed by atoms with Gasteiger partial charge < -0.3 is 50.7 Å². The summed E-state index contributed by atoms with van der Waals surface area (Å²) in [5, 5.41) is 30.8. The first kappa shape index (κ1) is 43.3. The van der Waals surface area contributed by atoms with Crippen LogP contribution in [-0.4, -0.2) is 127 Å². The van der Waals surface area contributed by atoms with E-state index in [9.17, 15) is 28.3 Å². The van der Waals surface area contributed by atoms with Crippen molar-refractivity contribution >= 4 is 10.1 Å². The Kier molecular flexibility index (Phi) is 19.4. The summed E-state index contributed by atoms with van der Waals surface area (Å²) in [5.74, 6) is 0. The number of hydrogen-bond donors (Lipinski definition) is 3. The Bertz CT molecular complexity index is 1100. The number of nitrogens with zero attached hydrogens (tertiary/aromatic N) is 2. The first-order chi connectivity index (χ1) is 22.4. The van der Waals surface area contributed by atoms with Gasteiger partial charge in [-0.15, -0.1) is 0 Å². The number of halogens is 1. The third-order valence-corrected chi connectivity index (χ3v) is 11.8. The van der Waals surface area contributed by atoms with Crippen molar-refractivity contribution in [2.45, 2.75) is 139 Å². The third kappa shape index (κ3) is 13.7. The molecule has 4 fully saturated rings. The van der Waals surface area contributed by atoms with Crippen LogP contribution in [0.5, 0.6) is 0 Å². The molecule has 280 valence electrons. The largest absolute Gasteiger partial charge is 1.00 e. The number of rotatable bonds is 19. The second kappa shape index (κ2) is 21.5. The highest BCUT2D eigenvalue weighted by Gasteiger charge is 2.53. The van der Waals surface area contributed by atoms with Gasteiger partial charge >= 0.3 is 0 Å². The number of aliphatic hydroxyl groups is 3. The van der Waals surface area contributed by atoms with Crippen molar-refractivity contribution < 1.29 is 59.1 Å². The van der Waals surface area contributed by atoms with Crippen LogP contribution in [-0.2, 0) is 19.6 Å². The molecule has 0 aromatic heterocycles. The molecule has 4 heterocycles. The van der Waals surface area contributed by atoms with E-state index in [0.717, 1.165) is 29.7 Å². The molecular formula is C36H65ClN2O8S. The van der Waals surface area contributed by atoms with E-state index in [0.29, 0.717) is 6.54 Å². The summed E-state index contributed by atoms with van der Waals surface area (Å²) in [6.45, 7) is 13.1. The van der Waals surface area contributed by atoms with E-state index in [1.807, 2.05) is 6.92 Å². The van der Waals surface area contributed by atoms with Gasteiger partial charge in [-0.2, -0.15) is 0 Å². The lowest BCUT2D eigenvalue weighted by molar-refractivity contribution is -1.08. The Hall–Kier alpha value is -0.860. The van der Waals surface area contributed by atoms with Crippen LogP contribution < -0.4 is 12.4 Å². The molecule has 10 nitrogen and oxygen atoms in total. The maximum Gasteiger partial charge on any atom is 0.186 e. The molecule has 1 aromatic rings. The number of quaternary nitrogens is 2. The quantitative estimate of drug-likeness (QED) is 0.111. The molecule has 0 aliphatic carbocycles. The van der Waals surface area contributed by atoms with Crippen molar-refractivity contribution in [1.29, 1.82) is 0 Å². The third-order valence-electron chi connectivity index (χ3n) is 10.9. The highest BCUT2D eigenvalue weighted by molar-refractivity contribution is 7.85. The highest BCUT2D eigenvalue weighted by atomic mass is 35.5. The minimum Gasteiger partial charge on any atom is -1.00 e. The Morgan fingerprint density at radius 2 is 1.17 bits per heavy atom. The lowest BCUT2D eigenvalue weighted by atomic mass is 9.96. The van der Waals surface area contributed by atoms with E-state index in [-0.39, 0.29) is 17.3 Å². The molecule has 4 aliphatic heterocycles. The van der Waals surface area contributed by atoms with E-state index in [1.54, 1.807) is 12.1 Å². The molecule has 4 aliphatic rings. The van der Waals surface area contributed by atoms with Gasteiger partial charge in [0.25, 0.3) is 0 Å². The second-order valence-corrected chi connectivity index (χ2v) is 15.9. The number of ether oxygens (including phenoxy) is 2. The van der Waals surface area contributed by atoms with E-state index < -0.39 is 40.8 Å². The van der Waals surface area contributed by atoms with Gasteiger partial charge in [0.2, 0.25) is 0 Å². The topological polar surface area (TPSA) is 136 Å². The maximum atomic E-state index is 10.5. The number of unbranched alkanes of at least 4 members (excludes halogenated alkanes) is 13. The average molecular weight is 721 g/mol. The zero-order valence-electron chi connectivity index (χ0n) is 29.8. The molecule has 5 atom stereocenters. The number of piperazine rings is 3. The highest BCUT2D eigenvalue weighted by Crippen LogP contribution is 2.31. The molecule has 4 saturated heterocycles. The summed E-state index contributed by atoms with van der Waals surface area (Å²) in [4.78, 5) is -0.178. The van der Waals surface area contributed by atoms with Crippen LogP contribution in [0.4, 0.5) is 0 Å². The fourth-order valence-electron chi connectivity index (χ4n) is 7.54. The standard InChI is InChI=1S/C29H58N2O5.C7H8O3S.ClH/c1-3-4-5-6-7-8-9-10-11-12-13-14-15-16-17-30-18-21-31(22-19-30,23-20-30)24-25-26(32)27(33)28(34)29(35-2)36-25;1-6-2-4-7(5-3-6)11(8,9)10;/h25-29,32-34H,3-24H2,1-2H3;2-5H,1H3,(H,8,9,10);1H/q+2;;/p-2/t25-,26-,27+,28-,29+,30?,31?;;/m1../s1. The van der Waals surface area contributed by atoms with E-state index in [2.05, 4.69) is 6.92 Å². The second-order valence-electron chi connectivity index (χ2n) is 14.5. The average Bonchev–Trinajstić information content (AvgIpc) is 3.06. The SMILES string of the molecule is CCCCCCCCCCCCCCCC[N+]12CC[N+](C[C@H]3O[C@H](OC)[C@H](O)[C@@H](O)[C@@H]3O)(CC1)CC2.Cc1ccc(S(=O)(=O)[O-])cc1.[Cl-]. The molecule has 48 heavy (non-hydrogen) atoms. The lowest BCUT2D eigenvalue weighted by Gasteiger charge is -2.57. The van der Waals surface area contributed by atoms with E-state index >= 15 is 0 Å². The predicted octanol–water partition coefficient (Wildman–Crippen LogP) is 1.49. The number of benzene rings is 1. The minimum absolute atomic E-state index is 0. The molecule has 5 rings (SSSR count). The number of fused-ring (bicyclic) bond motifs is 3. The lowest BCUT2D eigenvalue weighted by Crippen LogP contribution is -3.00. The molecule has 0 amide bonds. The van der Waals surface area contributed by atoms with Crippen molar-refractivity contribution in [3.8, 4) is 0 Å². The van der Waals surface area contributed by atoms with Crippen molar-refractivity contribution in [3.63, 3.8) is 0 Å². The first-order valence-corrected chi connectivity index (χ1v) is 19.8. The smallest absolute Gasteiger partial charge is 0.186 e. The van der Waals surface area contributed by atoms with Gasteiger partial charge in [0, 0.05) is 7.11 Å². The van der Waals surface area contributed by atoms with Gasteiger partial charge in [-0.25, -0.2) is 8.42 Å². The van der Waals surface area contributed by atoms with Crippen molar-refractivity contribution in [1.82, 2.24) is 0 Å². The summed E-state index contributed by atoms with van der Waals surface area (Å²) >= 11 is 0. The normalized spacial score (nSPS) is 29.9. The summed E-state index contributed by atoms with van der Waals surface area (Å²) in [6.07, 6.45) is 14.9. The van der Waals surface area contributed by atoms with Crippen LogP contribution in [0.3, 0.4) is 0 Å². The molecule has 0 spiro atoms.